The second-order valence-corrected chi connectivity index (χ2v) is 2.72. The van der Waals surface area contributed by atoms with Crippen LogP contribution >= 0.6 is 0 Å². The molecule has 54 valence electrons. The van der Waals surface area contributed by atoms with Crippen LogP contribution in [0.15, 0.2) is 0 Å². The second kappa shape index (κ2) is 3.18. The van der Waals surface area contributed by atoms with Gasteiger partial charge in [0.1, 0.15) is 6.10 Å². The minimum absolute atomic E-state index is 0.543. The van der Waals surface area contributed by atoms with Gasteiger partial charge in [0.25, 0.3) is 0 Å². The Morgan fingerprint density at radius 3 is 2.44 bits per heavy atom. The lowest BCUT2D eigenvalue weighted by atomic mass is 10.1. The second-order valence-electron chi connectivity index (χ2n) is 2.72. The van der Waals surface area contributed by atoms with Gasteiger partial charge in [-0.15, -0.1) is 0 Å². The Morgan fingerprint density at radius 2 is 2.00 bits per heavy atom. The molecule has 2 heteroatoms. The molecule has 0 aromatic carbocycles. The molecule has 1 aliphatic rings. The molecule has 0 bridgehead atoms. The fourth-order valence-corrected chi connectivity index (χ4v) is 1.18. The van der Waals surface area contributed by atoms with Crippen LogP contribution in [0.1, 0.15) is 12.8 Å². The van der Waals surface area contributed by atoms with E-state index in [4.69, 9.17) is 0 Å². The first-order valence-electron chi connectivity index (χ1n) is 3.47. The number of likely N-dealkylation sites (tertiary alicyclic amines) is 1. The molecule has 0 atom stereocenters. The van der Waals surface area contributed by atoms with Gasteiger partial charge >= 0.3 is 0 Å². The van der Waals surface area contributed by atoms with Gasteiger partial charge < -0.3 is 9.64 Å². The monoisotopic (exact) mass is 129 g/mol. The largest absolute Gasteiger partial charge is 0.579 e. The molecule has 0 amide bonds. The predicted molar refractivity (Wildman–Crippen MR) is 38.1 cm³/mol. The Labute approximate surface area is 56.8 Å². The van der Waals surface area contributed by atoms with E-state index in [2.05, 4.69) is 23.8 Å². The van der Waals surface area contributed by atoms with Gasteiger partial charge in [0.2, 0.25) is 0 Å². The summed E-state index contributed by atoms with van der Waals surface area (Å²) in [5.74, 6) is 0. The third-order valence-electron chi connectivity index (χ3n) is 1.95. The van der Waals surface area contributed by atoms with Crippen LogP contribution in [-0.4, -0.2) is 35.9 Å². The van der Waals surface area contributed by atoms with Crippen molar-refractivity contribution in [1.82, 2.24) is 4.90 Å². The summed E-state index contributed by atoms with van der Waals surface area (Å²) in [6, 6.07) is 0. The van der Waals surface area contributed by atoms with E-state index in [9.17, 15) is 0 Å². The molecule has 0 aliphatic carbocycles. The van der Waals surface area contributed by atoms with E-state index in [1.165, 1.54) is 25.9 Å². The molecule has 2 nitrogen and oxygen atoms in total. The van der Waals surface area contributed by atoms with Crippen molar-refractivity contribution >= 4 is 0 Å². The van der Waals surface area contributed by atoms with Crippen LogP contribution in [0.4, 0.5) is 0 Å². The summed E-state index contributed by atoms with van der Waals surface area (Å²) in [5, 5.41) is 0. The molecule has 0 radical (unpaired) electrons. The van der Waals surface area contributed by atoms with Gasteiger partial charge in [0, 0.05) is 25.9 Å². The maximum atomic E-state index is 4.01. The fraction of sp³-hybridized carbons (Fsp3) is 0.857. The molecular weight excluding hydrogens is 114 g/mol. The Bertz CT molecular complexity index is 77.0. The molecule has 0 saturated carbocycles. The number of rotatable bonds is 1. The first-order valence-corrected chi connectivity index (χ1v) is 3.47. The number of hydrogen-bond donors (Lipinski definition) is 0. The van der Waals surface area contributed by atoms with Gasteiger partial charge in [-0.2, -0.15) is 0 Å². The Hall–Kier alpha value is -0.0800. The van der Waals surface area contributed by atoms with Crippen molar-refractivity contribution in [2.45, 2.75) is 18.9 Å². The van der Waals surface area contributed by atoms with Gasteiger partial charge in [-0.25, -0.2) is 0 Å². The number of hydrogen-bond acceptors (Lipinski definition) is 1. The zero-order chi connectivity index (χ0) is 6.69. The Balaban J connectivity index is 2.18. The maximum Gasteiger partial charge on any atom is 0.131 e. The number of nitrogens with zero attached hydrogens (tertiary/aromatic N) is 1. The molecule has 0 unspecified atom stereocenters. The highest BCUT2D eigenvalue weighted by molar-refractivity contribution is 4.68. The zero-order valence-corrected chi connectivity index (χ0v) is 6.01. The van der Waals surface area contributed by atoms with E-state index in [1.54, 1.807) is 0 Å². The van der Waals surface area contributed by atoms with Crippen LogP contribution in [0.5, 0.6) is 0 Å². The van der Waals surface area contributed by atoms with Gasteiger partial charge in [0.15, 0.2) is 0 Å². The van der Waals surface area contributed by atoms with E-state index >= 15 is 0 Å². The van der Waals surface area contributed by atoms with Gasteiger partial charge in [-0.05, 0) is 7.05 Å². The molecule has 0 aromatic heterocycles. The summed E-state index contributed by atoms with van der Waals surface area (Å²) in [6.07, 6.45) is 2.93. The standard InChI is InChI=1S/C7H15NO/c1-8-5-3-7(9-2)4-6-8/h7,9H,2-6H2,1H3. The molecular formula is C7H15NO. The summed E-state index contributed by atoms with van der Waals surface area (Å²) < 4.78 is 4.01. The smallest absolute Gasteiger partial charge is 0.131 e. The summed E-state index contributed by atoms with van der Waals surface area (Å²) in [4.78, 5) is 2.34. The van der Waals surface area contributed by atoms with Crippen LogP contribution in [0.25, 0.3) is 0 Å². The highest BCUT2D eigenvalue weighted by atomic mass is 16.5. The molecule has 1 saturated heterocycles. The molecule has 1 aliphatic heterocycles. The van der Waals surface area contributed by atoms with E-state index in [-0.39, 0.29) is 0 Å². The molecule has 0 aromatic rings. The average Bonchev–Trinajstić information content (AvgIpc) is 1.90. The van der Waals surface area contributed by atoms with Crippen molar-refractivity contribution in [2.24, 2.45) is 0 Å². The number of aliphatic hydroxyl groups is 2. The molecule has 1 fully saturated rings. The quantitative estimate of drug-likeness (QED) is 0.370. The predicted octanol–water partition coefficient (Wildman–Crippen LogP) is 0.400. The molecule has 9 heavy (non-hydrogen) atoms. The Kier molecular flexibility index (Phi) is 2.49. The van der Waals surface area contributed by atoms with Crippen LogP contribution in [0, 0.1) is 7.11 Å². The minimum atomic E-state index is 0.543. The number of ether oxygens (including phenoxy) is 1. The van der Waals surface area contributed by atoms with Crippen LogP contribution < -0.4 is 0 Å². The van der Waals surface area contributed by atoms with Gasteiger partial charge in [-0.3, -0.25) is 0 Å². The third kappa shape index (κ3) is 1.95. The van der Waals surface area contributed by atoms with Crippen LogP contribution in [-0.2, 0) is 0 Å². The normalized spacial score (nSPS) is 24.7. The summed E-state index contributed by atoms with van der Waals surface area (Å²) >= 11 is 0. The van der Waals surface area contributed by atoms with Crippen molar-refractivity contribution < 1.29 is 4.74 Å². The highest BCUT2D eigenvalue weighted by Crippen LogP contribution is 2.08. The molecule has 1 rings (SSSR count). The van der Waals surface area contributed by atoms with Crippen LogP contribution in [0.3, 0.4) is 0 Å². The van der Waals surface area contributed by atoms with E-state index < -0.39 is 0 Å². The van der Waals surface area contributed by atoms with Crippen molar-refractivity contribution in [3.05, 3.63) is 7.11 Å². The van der Waals surface area contributed by atoms with Gasteiger partial charge in [-0.1, -0.05) is 7.11 Å². The number of piperidine rings is 1. The van der Waals surface area contributed by atoms with Crippen molar-refractivity contribution in [2.75, 3.05) is 20.1 Å². The summed E-state index contributed by atoms with van der Waals surface area (Å²) in [6.45, 7) is 2.37. The first-order chi connectivity index (χ1) is 4.33. The van der Waals surface area contributed by atoms with E-state index in [1.807, 2.05) is 0 Å². The lowest BCUT2D eigenvalue weighted by Crippen LogP contribution is -2.34. The SMILES string of the molecule is [CH2-][OH+]C1CCN(C)CC1. The maximum absolute atomic E-state index is 4.01. The average molecular weight is 129 g/mol. The van der Waals surface area contributed by atoms with E-state index in [0.717, 1.165) is 0 Å². The first kappa shape index (κ1) is 7.03. The topological polar surface area (TPSA) is 16.0 Å². The lowest BCUT2D eigenvalue weighted by molar-refractivity contribution is -0.0555. The summed E-state index contributed by atoms with van der Waals surface area (Å²) in [7, 11) is 5.69. The Morgan fingerprint density at radius 1 is 1.44 bits per heavy atom. The molecule has 0 spiro atoms. The highest BCUT2D eigenvalue weighted by Gasteiger charge is 2.16. The minimum Gasteiger partial charge on any atom is -0.579 e. The van der Waals surface area contributed by atoms with Crippen molar-refractivity contribution in [1.29, 1.82) is 0 Å². The molecule has 1 N–H and O–H groups in total. The van der Waals surface area contributed by atoms with Crippen molar-refractivity contribution in [3.8, 4) is 0 Å². The molecule has 1 heterocycles. The lowest BCUT2D eigenvalue weighted by Gasteiger charge is -2.27. The van der Waals surface area contributed by atoms with E-state index in [0.29, 0.717) is 6.10 Å². The third-order valence-corrected chi connectivity index (χ3v) is 1.95. The summed E-state index contributed by atoms with van der Waals surface area (Å²) in [5.41, 5.74) is 0. The fourth-order valence-electron chi connectivity index (χ4n) is 1.18. The van der Waals surface area contributed by atoms with Crippen molar-refractivity contribution in [3.63, 3.8) is 0 Å². The zero-order valence-electron chi connectivity index (χ0n) is 6.01. The van der Waals surface area contributed by atoms with Crippen LogP contribution in [0.2, 0.25) is 0 Å². The van der Waals surface area contributed by atoms with Gasteiger partial charge in [0.05, 0.1) is 0 Å².